The quantitative estimate of drug-likeness (QED) is 0.787. The summed E-state index contributed by atoms with van der Waals surface area (Å²) in [4.78, 5) is 12.3. The van der Waals surface area contributed by atoms with E-state index >= 15 is 0 Å². The van der Waals surface area contributed by atoms with Gasteiger partial charge in [-0.1, -0.05) is 13.8 Å². The van der Waals surface area contributed by atoms with Crippen LogP contribution in [0.1, 0.15) is 48.8 Å². The van der Waals surface area contributed by atoms with Gasteiger partial charge in [0.25, 0.3) is 0 Å². The van der Waals surface area contributed by atoms with Crippen LogP contribution in [0.3, 0.4) is 0 Å². The number of halogens is 3. The zero-order valence-corrected chi connectivity index (χ0v) is 14.8. The predicted octanol–water partition coefficient (Wildman–Crippen LogP) is 3.73. The number of hydrogen-bond donors (Lipinski definition) is 1. The van der Waals surface area contributed by atoms with Crippen LogP contribution < -0.4 is 0 Å². The van der Waals surface area contributed by atoms with Crippen molar-refractivity contribution in [2.75, 3.05) is 13.2 Å². The van der Waals surface area contributed by atoms with Gasteiger partial charge in [0, 0.05) is 12.0 Å². The molecule has 1 aromatic heterocycles. The van der Waals surface area contributed by atoms with Crippen molar-refractivity contribution in [3.63, 3.8) is 0 Å². The molecule has 0 amide bonds. The molecule has 0 fully saturated rings. The highest BCUT2D eigenvalue weighted by Gasteiger charge is 2.33. The van der Waals surface area contributed by atoms with Crippen molar-refractivity contribution in [2.24, 2.45) is 0 Å². The Hall–Kier alpha value is -2.35. The first-order valence-corrected chi connectivity index (χ1v) is 8.16. The first kappa shape index (κ1) is 20.0. The lowest BCUT2D eigenvalue weighted by molar-refractivity contribution is -0.137. The van der Waals surface area contributed by atoms with Crippen molar-refractivity contribution in [2.45, 2.75) is 38.8 Å². The minimum absolute atomic E-state index is 0.118. The lowest BCUT2D eigenvalue weighted by Crippen LogP contribution is -2.26. The lowest BCUT2D eigenvalue weighted by atomic mass is 9.83. The molecular formula is C18H21F3N2O3. The molecule has 0 aliphatic carbocycles. The number of alkyl halides is 3. The topological polar surface area (TPSA) is 64.3 Å². The van der Waals surface area contributed by atoms with Crippen LogP contribution in [0, 0.1) is 0 Å². The molecule has 142 valence electrons. The van der Waals surface area contributed by atoms with Gasteiger partial charge in [-0.25, -0.2) is 9.48 Å². The van der Waals surface area contributed by atoms with E-state index in [0.717, 1.165) is 12.1 Å². The van der Waals surface area contributed by atoms with Gasteiger partial charge in [0.2, 0.25) is 0 Å². The van der Waals surface area contributed by atoms with E-state index in [2.05, 4.69) is 5.10 Å². The summed E-state index contributed by atoms with van der Waals surface area (Å²) in [6.07, 6.45) is -2.76. The fourth-order valence-electron chi connectivity index (χ4n) is 2.74. The largest absolute Gasteiger partial charge is 0.462 e. The summed E-state index contributed by atoms with van der Waals surface area (Å²) in [5.41, 5.74) is -0.338. The van der Waals surface area contributed by atoms with Crippen LogP contribution in [0.5, 0.6) is 0 Å². The molecule has 0 unspecified atom stereocenters. The molecule has 0 aliphatic heterocycles. The van der Waals surface area contributed by atoms with Crippen LogP contribution in [-0.4, -0.2) is 34.1 Å². The van der Waals surface area contributed by atoms with Gasteiger partial charge >= 0.3 is 12.1 Å². The summed E-state index contributed by atoms with van der Waals surface area (Å²) in [5.74, 6) is -0.563. The fourth-order valence-corrected chi connectivity index (χ4v) is 2.74. The fraction of sp³-hybridized carbons (Fsp3) is 0.444. The maximum atomic E-state index is 12.8. The molecule has 0 spiro atoms. The number of nitrogens with zero attached hydrogens (tertiary/aromatic N) is 2. The van der Waals surface area contributed by atoms with E-state index in [9.17, 15) is 23.1 Å². The van der Waals surface area contributed by atoms with Crippen LogP contribution in [0.2, 0.25) is 0 Å². The molecular weight excluding hydrogens is 349 g/mol. The average Bonchev–Trinajstić information content (AvgIpc) is 3.00. The summed E-state index contributed by atoms with van der Waals surface area (Å²) < 4.78 is 44.8. The molecule has 0 atom stereocenters. The molecule has 5 nitrogen and oxygen atoms in total. The van der Waals surface area contributed by atoms with Crippen molar-refractivity contribution >= 4 is 5.97 Å². The number of benzene rings is 1. The van der Waals surface area contributed by atoms with E-state index in [1.54, 1.807) is 6.92 Å². The number of rotatable bonds is 6. The molecule has 1 heterocycles. The summed E-state index contributed by atoms with van der Waals surface area (Å²) >= 11 is 0. The van der Waals surface area contributed by atoms with Crippen molar-refractivity contribution in [1.82, 2.24) is 9.78 Å². The van der Waals surface area contributed by atoms with Gasteiger partial charge in [-0.3, -0.25) is 0 Å². The Morgan fingerprint density at radius 1 is 1.23 bits per heavy atom. The maximum Gasteiger partial charge on any atom is 0.416 e. The highest BCUT2D eigenvalue weighted by Crippen LogP contribution is 2.33. The van der Waals surface area contributed by atoms with E-state index in [1.807, 2.05) is 13.8 Å². The maximum absolute atomic E-state index is 12.8. The second kappa shape index (κ2) is 7.49. The molecule has 0 radical (unpaired) electrons. The summed E-state index contributed by atoms with van der Waals surface area (Å²) in [7, 11) is 0. The minimum atomic E-state index is -4.43. The monoisotopic (exact) mass is 370 g/mol. The van der Waals surface area contributed by atoms with E-state index in [0.29, 0.717) is 17.8 Å². The number of aliphatic hydroxyl groups excluding tert-OH is 1. The van der Waals surface area contributed by atoms with Crippen LogP contribution in [0.15, 0.2) is 30.5 Å². The molecule has 0 aliphatic rings. The number of esters is 1. The predicted molar refractivity (Wildman–Crippen MR) is 89.3 cm³/mol. The van der Waals surface area contributed by atoms with Crippen molar-refractivity contribution in [3.05, 3.63) is 47.3 Å². The molecule has 8 heteroatoms. The van der Waals surface area contributed by atoms with E-state index < -0.39 is 23.1 Å². The number of ether oxygens (including phenoxy) is 1. The standard InChI is InChI=1S/C18H21F3N2O3/c1-4-26-16(25)14-11-22-23(15(14)17(2,3)9-10-24)13-7-5-12(6-8-13)18(19,20)21/h5-8,11,24H,4,9-10H2,1-3H3. The van der Waals surface area contributed by atoms with Gasteiger partial charge in [0.05, 0.1) is 29.7 Å². The normalized spacial score (nSPS) is 12.3. The van der Waals surface area contributed by atoms with Gasteiger partial charge in [-0.2, -0.15) is 18.3 Å². The Kier molecular flexibility index (Phi) is 5.75. The average molecular weight is 370 g/mol. The highest BCUT2D eigenvalue weighted by atomic mass is 19.4. The molecule has 1 aromatic carbocycles. The second-order valence-corrected chi connectivity index (χ2v) is 6.44. The summed E-state index contributed by atoms with van der Waals surface area (Å²) in [5, 5.41) is 13.5. The summed E-state index contributed by atoms with van der Waals surface area (Å²) in [6.45, 7) is 5.39. The van der Waals surface area contributed by atoms with E-state index in [-0.39, 0.29) is 18.8 Å². The Morgan fingerprint density at radius 2 is 1.85 bits per heavy atom. The van der Waals surface area contributed by atoms with E-state index in [1.165, 1.54) is 23.0 Å². The van der Waals surface area contributed by atoms with Gasteiger partial charge < -0.3 is 9.84 Å². The minimum Gasteiger partial charge on any atom is -0.462 e. The van der Waals surface area contributed by atoms with Crippen LogP contribution in [0.25, 0.3) is 5.69 Å². The smallest absolute Gasteiger partial charge is 0.416 e. The zero-order chi connectivity index (χ0) is 19.5. The third-order valence-electron chi connectivity index (χ3n) is 4.08. The molecule has 2 rings (SSSR count). The van der Waals surface area contributed by atoms with Gasteiger partial charge in [-0.15, -0.1) is 0 Å². The second-order valence-electron chi connectivity index (χ2n) is 6.44. The number of hydrogen-bond acceptors (Lipinski definition) is 4. The number of aromatic nitrogens is 2. The van der Waals surface area contributed by atoms with Crippen molar-refractivity contribution in [3.8, 4) is 5.69 Å². The molecule has 2 aromatic rings. The van der Waals surface area contributed by atoms with Crippen LogP contribution >= 0.6 is 0 Å². The van der Waals surface area contributed by atoms with E-state index in [4.69, 9.17) is 4.74 Å². The van der Waals surface area contributed by atoms with Crippen molar-refractivity contribution < 1.29 is 27.8 Å². The van der Waals surface area contributed by atoms with Crippen LogP contribution in [-0.2, 0) is 16.3 Å². The third kappa shape index (κ3) is 4.07. The first-order chi connectivity index (χ1) is 12.1. The molecule has 0 saturated carbocycles. The lowest BCUT2D eigenvalue weighted by Gasteiger charge is -2.26. The molecule has 0 saturated heterocycles. The molecule has 0 bridgehead atoms. The molecule has 26 heavy (non-hydrogen) atoms. The van der Waals surface area contributed by atoms with Gasteiger partial charge in [0.1, 0.15) is 5.56 Å². The highest BCUT2D eigenvalue weighted by molar-refractivity contribution is 5.91. The SMILES string of the molecule is CCOC(=O)c1cnn(-c2ccc(C(F)(F)F)cc2)c1C(C)(C)CCO. The third-order valence-corrected chi connectivity index (χ3v) is 4.08. The molecule has 1 N–H and O–H groups in total. The summed E-state index contributed by atoms with van der Waals surface area (Å²) in [6, 6.07) is 4.51. The van der Waals surface area contributed by atoms with Crippen molar-refractivity contribution in [1.29, 1.82) is 0 Å². The Bertz CT molecular complexity index is 765. The number of carbonyl (C=O) groups is 1. The van der Waals surface area contributed by atoms with Gasteiger partial charge in [-0.05, 0) is 37.6 Å². The Balaban J connectivity index is 2.56. The zero-order valence-electron chi connectivity index (χ0n) is 14.8. The Morgan fingerprint density at radius 3 is 2.35 bits per heavy atom. The van der Waals surface area contributed by atoms with Gasteiger partial charge in [0.15, 0.2) is 0 Å². The Labute approximate surface area is 149 Å². The number of aliphatic hydroxyl groups is 1. The number of carbonyl (C=O) groups excluding carboxylic acids is 1. The van der Waals surface area contributed by atoms with Crippen LogP contribution in [0.4, 0.5) is 13.2 Å². The first-order valence-electron chi connectivity index (χ1n) is 8.16.